The predicted molar refractivity (Wildman–Crippen MR) is 86.0 cm³/mol. The van der Waals surface area contributed by atoms with Gasteiger partial charge in [-0.3, -0.25) is 0 Å². The Kier molecular flexibility index (Phi) is 10.8. The van der Waals surface area contributed by atoms with Crippen LogP contribution in [0, 0.1) is 0 Å². The third-order valence-corrected chi connectivity index (χ3v) is 4.03. The van der Waals surface area contributed by atoms with E-state index in [0.717, 1.165) is 6.16 Å². The second-order valence-corrected chi connectivity index (χ2v) is 5.39. The first-order chi connectivity index (χ1) is 9.17. The Morgan fingerprint density at radius 2 is 1.42 bits per heavy atom. The van der Waals surface area contributed by atoms with Gasteiger partial charge in [0.05, 0.1) is 13.2 Å². The minimum atomic E-state index is -0.776. The number of nitrogens with zero attached hydrogens (tertiary/aromatic N) is 1. The molecule has 1 aromatic carbocycles. The molecule has 0 atom stereocenters. The third kappa shape index (κ3) is 7.51. The van der Waals surface area contributed by atoms with Crippen LogP contribution in [-0.2, 0) is 15.2 Å². The van der Waals surface area contributed by atoms with Gasteiger partial charge in [0.15, 0.2) is 8.38 Å². The number of benzene rings is 1. The molecule has 0 amide bonds. The largest absolute Gasteiger partial charge is 0.378 e. The maximum atomic E-state index is 5.60. The molecule has 110 valence electrons. The van der Waals surface area contributed by atoms with E-state index in [1.165, 1.54) is 11.3 Å². The zero-order valence-corrected chi connectivity index (χ0v) is 14.0. The van der Waals surface area contributed by atoms with Gasteiger partial charge in [-0.25, -0.2) is 0 Å². The Balaban J connectivity index is 0.00000154. The highest BCUT2D eigenvalue weighted by Crippen LogP contribution is 2.41. The number of anilines is 1. The molecule has 0 heterocycles. The molecule has 0 spiro atoms. The van der Waals surface area contributed by atoms with Crippen molar-refractivity contribution in [3.8, 4) is 0 Å². The fraction of sp³-hybridized carbons (Fsp3) is 0.600. The van der Waals surface area contributed by atoms with E-state index < -0.39 is 8.38 Å². The van der Waals surface area contributed by atoms with Gasteiger partial charge in [0.1, 0.15) is 0 Å². The van der Waals surface area contributed by atoms with Crippen molar-refractivity contribution in [1.82, 2.24) is 0 Å². The lowest BCUT2D eigenvalue weighted by Gasteiger charge is -2.17. The van der Waals surface area contributed by atoms with Crippen molar-refractivity contribution in [3.63, 3.8) is 0 Å². The molecule has 19 heavy (non-hydrogen) atoms. The average molecular weight is 285 g/mol. The van der Waals surface area contributed by atoms with Crippen LogP contribution in [0.1, 0.15) is 33.3 Å². The molecule has 0 saturated heterocycles. The van der Waals surface area contributed by atoms with Crippen LogP contribution in [-0.4, -0.2) is 27.3 Å². The smallest absolute Gasteiger partial charge is 0.175 e. The third-order valence-electron chi connectivity index (χ3n) is 2.31. The van der Waals surface area contributed by atoms with E-state index in [4.69, 9.17) is 9.05 Å². The van der Waals surface area contributed by atoms with Crippen molar-refractivity contribution in [2.75, 3.05) is 32.2 Å². The van der Waals surface area contributed by atoms with Gasteiger partial charge in [-0.2, -0.15) is 0 Å². The second kappa shape index (κ2) is 11.2. The van der Waals surface area contributed by atoms with E-state index >= 15 is 0 Å². The summed E-state index contributed by atoms with van der Waals surface area (Å²) in [7, 11) is 3.31. The lowest BCUT2D eigenvalue weighted by Crippen LogP contribution is -2.08. The molecular formula is C15H28NO2P. The summed E-state index contributed by atoms with van der Waals surface area (Å²) in [5.74, 6) is 0. The quantitative estimate of drug-likeness (QED) is 0.680. The first-order valence-electron chi connectivity index (χ1n) is 6.97. The van der Waals surface area contributed by atoms with Crippen molar-refractivity contribution in [2.24, 2.45) is 0 Å². The monoisotopic (exact) mass is 285 g/mol. The normalized spacial score (nSPS) is 10.1. The molecule has 0 aliphatic rings. The number of hydrogen-bond acceptors (Lipinski definition) is 3. The van der Waals surface area contributed by atoms with Crippen molar-refractivity contribution in [2.45, 2.75) is 33.9 Å². The van der Waals surface area contributed by atoms with Crippen LogP contribution in [0.2, 0.25) is 0 Å². The van der Waals surface area contributed by atoms with E-state index in [0.29, 0.717) is 13.2 Å². The molecule has 0 fully saturated rings. The molecule has 0 radical (unpaired) electrons. The molecule has 1 aromatic rings. The molecule has 1 rings (SSSR count). The van der Waals surface area contributed by atoms with Crippen LogP contribution in [0.3, 0.4) is 0 Å². The lowest BCUT2D eigenvalue weighted by atomic mass is 10.2. The molecule has 4 heteroatoms. The molecular weight excluding hydrogens is 257 g/mol. The minimum absolute atomic E-state index is 0.710. The van der Waals surface area contributed by atoms with Gasteiger partial charge in [0.25, 0.3) is 0 Å². The zero-order chi connectivity index (χ0) is 14.7. The van der Waals surface area contributed by atoms with E-state index in [9.17, 15) is 0 Å². The van der Waals surface area contributed by atoms with Crippen LogP contribution in [0.5, 0.6) is 0 Å². The van der Waals surface area contributed by atoms with Gasteiger partial charge in [-0.05, 0) is 31.5 Å². The summed E-state index contributed by atoms with van der Waals surface area (Å²) in [6, 6.07) is 8.53. The summed E-state index contributed by atoms with van der Waals surface area (Å²) in [5, 5.41) is 0. The van der Waals surface area contributed by atoms with Gasteiger partial charge >= 0.3 is 0 Å². The highest BCUT2D eigenvalue weighted by molar-refractivity contribution is 7.46. The van der Waals surface area contributed by atoms with E-state index in [2.05, 4.69) is 29.2 Å². The standard InChI is InChI=1S/C13H22NO2P.C2H6/c1-5-15-17(16-6-2)11-12-7-9-13(10-8-12)14(3)4;1-2/h7-10H,5-6,11H2,1-4H3;1-2H3. The van der Waals surface area contributed by atoms with Crippen LogP contribution in [0.25, 0.3) is 0 Å². The summed E-state index contributed by atoms with van der Waals surface area (Å²) < 4.78 is 11.2. The Labute approximate surface area is 119 Å². The van der Waals surface area contributed by atoms with E-state index in [1.54, 1.807) is 0 Å². The molecule has 0 bridgehead atoms. The van der Waals surface area contributed by atoms with Crippen LogP contribution in [0.15, 0.2) is 24.3 Å². The average Bonchev–Trinajstić information content (AvgIpc) is 2.42. The van der Waals surface area contributed by atoms with Crippen molar-refractivity contribution < 1.29 is 9.05 Å². The Morgan fingerprint density at radius 3 is 1.79 bits per heavy atom. The molecule has 0 saturated carbocycles. The Bertz CT molecular complexity index is 308. The number of rotatable bonds is 7. The van der Waals surface area contributed by atoms with E-state index in [1.807, 2.05) is 41.8 Å². The topological polar surface area (TPSA) is 21.7 Å². The molecule has 0 unspecified atom stereocenters. The molecule has 0 N–H and O–H groups in total. The SMILES string of the molecule is CC.CCOP(Cc1ccc(N(C)C)cc1)OCC. The van der Waals surface area contributed by atoms with Gasteiger partial charge in [0, 0.05) is 25.9 Å². The fourth-order valence-electron chi connectivity index (χ4n) is 1.47. The van der Waals surface area contributed by atoms with Crippen molar-refractivity contribution >= 4 is 14.1 Å². The van der Waals surface area contributed by atoms with Gasteiger partial charge < -0.3 is 13.9 Å². The second-order valence-electron chi connectivity index (χ2n) is 3.89. The summed E-state index contributed by atoms with van der Waals surface area (Å²) in [6.45, 7) is 9.43. The first kappa shape index (κ1) is 18.4. The Morgan fingerprint density at radius 1 is 0.947 bits per heavy atom. The summed E-state index contributed by atoms with van der Waals surface area (Å²) in [6.07, 6.45) is 0.866. The van der Waals surface area contributed by atoms with Crippen molar-refractivity contribution in [3.05, 3.63) is 29.8 Å². The molecule has 0 aromatic heterocycles. The maximum absolute atomic E-state index is 5.60. The van der Waals surface area contributed by atoms with Gasteiger partial charge in [-0.15, -0.1) is 0 Å². The molecule has 0 aliphatic carbocycles. The van der Waals surface area contributed by atoms with Gasteiger partial charge in [0.2, 0.25) is 0 Å². The summed E-state index contributed by atoms with van der Waals surface area (Å²) in [4.78, 5) is 2.09. The summed E-state index contributed by atoms with van der Waals surface area (Å²) in [5.41, 5.74) is 2.48. The molecule has 3 nitrogen and oxygen atoms in total. The maximum Gasteiger partial charge on any atom is 0.175 e. The highest BCUT2D eigenvalue weighted by atomic mass is 31.2. The van der Waals surface area contributed by atoms with Crippen LogP contribution >= 0.6 is 8.38 Å². The summed E-state index contributed by atoms with van der Waals surface area (Å²) >= 11 is 0. The zero-order valence-electron chi connectivity index (χ0n) is 13.1. The predicted octanol–water partition coefficient (Wildman–Crippen LogP) is 4.66. The number of hydrogen-bond donors (Lipinski definition) is 0. The first-order valence-corrected chi connectivity index (χ1v) is 8.33. The fourth-order valence-corrected chi connectivity index (χ4v) is 2.81. The van der Waals surface area contributed by atoms with Crippen LogP contribution < -0.4 is 4.90 Å². The highest BCUT2D eigenvalue weighted by Gasteiger charge is 2.10. The minimum Gasteiger partial charge on any atom is -0.378 e. The lowest BCUT2D eigenvalue weighted by molar-refractivity contribution is 0.268. The van der Waals surface area contributed by atoms with Gasteiger partial charge in [-0.1, -0.05) is 26.0 Å². The van der Waals surface area contributed by atoms with Crippen molar-refractivity contribution in [1.29, 1.82) is 0 Å². The Hall–Kier alpha value is -0.630. The molecule has 0 aliphatic heterocycles. The van der Waals surface area contributed by atoms with E-state index in [-0.39, 0.29) is 0 Å². The van der Waals surface area contributed by atoms with Crippen LogP contribution in [0.4, 0.5) is 5.69 Å².